The van der Waals surface area contributed by atoms with Crippen LogP contribution in [0.15, 0.2) is 28.7 Å². The van der Waals surface area contributed by atoms with Gasteiger partial charge in [0.15, 0.2) is 0 Å². The molecule has 0 spiro atoms. The van der Waals surface area contributed by atoms with Gasteiger partial charge in [0.05, 0.1) is 18.2 Å². The third kappa shape index (κ3) is 3.48. The molecule has 3 N–H and O–H groups in total. The van der Waals surface area contributed by atoms with Crippen LogP contribution < -0.4 is 10.9 Å². The third-order valence-corrected chi connectivity index (χ3v) is 4.15. The van der Waals surface area contributed by atoms with E-state index in [0.29, 0.717) is 26.9 Å². The number of hydrogen-bond donors (Lipinski definition) is 3. The Kier molecular flexibility index (Phi) is 5.40. The zero-order valence-corrected chi connectivity index (χ0v) is 14.9. The number of ether oxygens (including phenoxy) is 1. The maximum absolute atomic E-state index is 12.2. The summed E-state index contributed by atoms with van der Waals surface area (Å²) in [6, 6.07) is 6.82. The van der Waals surface area contributed by atoms with E-state index in [-0.39, 0.29) is 5.69 Å². The van der Waals surface area contributed by atoms with E-state index in [1.165, 1.54) is 7.11 Å². The molecule has 0 saturated heterocycles. The Morgan fingerprint density at radius 2 is 1.71 bits per heavy atom. The highest BCUT2D eigenvalue weighted by Gasteiger charge is 2.22. The molecule has 0 unspecified atom stereocenters. The van der Waals surface area contributed by atoms with Gasteiger partial charge in [0.25, 0.3) is 11.8 Å². The Hall–Kier alpha value is -2.61. The molecule has 0 fully saturated rings. The van der Waals surface area contributed by atoms with Gasteiger partial charge < -0.3 is 9.72 Å². The van der Waals surface area contributed by atoms with Crippen LogP contribution in [0.25, 0.3) is 0 Å². The molecular weight excluding hydrogens is 378 g/mol. The van der Waals surface area contributed by atoms with Crippen molar-refractivity contribution in [1.82, 2.24) is 15.8 Å². The number of nitrogens with one attached hydrogen (secondary N) is 3. The molecule has 1 heterocycles. The largest absolute Gasteiger partial charge is 0.465 e. The summed E-state index contributed by atoms with van der Waals surface area (Å²) >= 11 is 3.27. The van der Waals surface area contributed by atoms with Crippen LogP contribution in [0.1, 0.15) is 42.5 Å². The number of rotatable bonds is 3. The Bertz CT molecular complexity index is 814. The van der Waals surface area contributed by atoms with Crippen LogP contribution in [0.5, 0.6) is 0 Å². The number of halogens is 1. The third-order valence-electron chi connectivity index (χ3n) is 3.46. The van der Waals surface area contributed by atoms with Crippen LogP contribution in [-0.2, 0) is 4.74 Å². The quantitative estimate of drug-likeness (QED) is 0.549. The standard InChI is InChI=1S/C16H16BrN3O4/c1-8-12(16(23)24-3)9(2)18-13(8)15(22)20-19-14(21)10-6-4-5-7-11(10)17/h4-7,18H,1-3H3,(H,19,21)(H,20,22). The van der Waals surface area contributed by atoms with Crippen molar-refractivity contribution in [3.8, 4) is 0 Å². The first kappa shape index (κ1) is 17.7. The average Bonchev–Trinajstić information content (AvgIpc) is 2.86. The number of carbonyl (C=O) groups excluding carboxylic acids is 3. The van der Waals surface area contributed by atoms with Crippen molar-refractivity contribution in [1.29, 1.82) is 0 Å². The Morgan fingerprint density at radius 3 is 2.33 bits per heavy atom. The van der Waals surface area contributed by atoms with E-state index in [2.05, 4.69) is 31.8 Å². The van der Waals surface area contributed by atoms with E-state index in [1.807, 2.05) is 0 Å². The van der Waals surface area contributed by atoms with E-state index in [1.54, 1.807) is 38.1 Å². The van der Waals surface area contributed by atoms with Crippen molar-refractivity contribution in [3.63, 3.8) is 0 Å². The molecule has 24 heavy (non-hydrogen) atoms. The second kappa shape index (κ2) is 7.31. The molecule has 1 aromatic heterocycles. The molecule has 0 radical (unpaired) electrons. The average molecular weight is 394 g/mol. The lowest BCUT2D eigenvalue weighted by atomic mass is 10.1. The normalized spacial score (nSPS) is 10.2. The van der Waals surface area contributed by atoms with Crippen LogP contribution in [0.4, 0.5) is 0 Å². The summed E-state index contributed by atoms with van der Waals surface area (Å²) in [5.74, 6) is -1.56. The van der Waals surface area contributed by atoms with Crippen LogP contribution in [-0.4, -0.2) is 29.9 Å². The molecule has 0 saturated carbocycles. The van der Waals surface area contributed by atoms with Crippen LogP contribution >= 0.6 is 15.9 Å². The van der Waals surface area contributed by atoms with Gasteiger partial charge in [-0.15, -0.1) is 0 Å². The summed E-state index contributed by atoms with van der Waals surface area (Å²) in [6.45, 7) is 3.29. The van der Waals surface area contributed by atoms with Gasteiger partial charge in [0.2, 0.25) is 0 Å². The smallest absolute Gasteiger partial charge is 0.339 e. The molecule has 0 aliphatic rings. The summed E-state index contributed by atoms with van der Waals surface area (Å²) < 4.78 is 5.30. The molecule has 0 aliphatic heterocycles. The van der Waals surface area contributed by atoms with Crippen molar-refractivity contribution in [2.75, 3.05) is 7.11 Å². The van der Waals surface area contributed by atoms with Gasteiger partial charge in [0, 0.05) is 10.2 Å². The number of H-pyrrole nitrogens is 1. The molecule has 8 heteroatoms. The fourth-order valence-corrected chi connectivity index (χ4v) is 2.74. The summed E-state index contributed by atoms with van der Waals surface area (Å²) in [7, 11) is 1.27. The lowest BCUT2D eigenvalue weighted by molar-refractivity contribution is 0.0599. The number of hydrazine groups is 1. The number of aryl methyl sites for hydroxylation is 1. The maximum Gasteiger partial charge on any atom is 0.339 e. The van der Waals surface area contributed by atoms with Gasteiger partial charge in [-0.3, -0.25) is 20.4 Å². The lowest BCUT2D eigenvalue weighted by Gasteiger charge is -2.08. The van der Waals surface area contributed by atoms with Gasteiger partial charge in [-0.1, -0.05) is 12.1 Å². The van der Waals surface area contributed by atoms with Crippen molar-refractivity contribution in [2.24, 2.45) is 0 Å². The molecule has 2 amide bonds. The number of aromatic amines is 1. The molecular formula is C16H16BrN3O4. The van der Waals surface area contributed by atoms with Gasteiger partial charge in [-0.05, 0) is 47.5 Å². The molecule has 7 nitrogen and oxygen atoms in total. The van der Waals surface area contributed by atoms with Gasteiger partial charge in [-0.25, -0.2) is 4.79 Å². The number of esters is 1. The first-order valence-corrected chi connectivity index (χ1v) is 7.78. The van der Waals surface area contributed by atoms with Crippen LogP contribution in [0.3, 0.4) is 0 Å². The van der Waals surface area contributed by atoms with Crippen molar-refractivity contribution in [3.05, 3.63) is 56.8 Å². The monoisotopic (exact) mass is 393 g/mol. The number of carbonyl (C=O) groups is 3. The summed E-state index contributed by atoms with van der Waals surface area (Å²) in [4.78, 5) is 38.9. The lowest BCUT2D eigenvalue weighted by Crippen LogP contribution is -2.42. The fourth-order valence-electron chi connectivity index (χ4n) is 2.27. The number of methoxy groups -OCH3 is 1. The SMILES string of the molecule is COC(=O)c1c(C)[nH]c(C(=O)NNC(=O)c2ccccc2Br)c1C. The van der Waals surface area contributed by atoms with Crippen LogP contribution in [0.2, 0.25) is 0 Å². The summed E-state index contributed by atoms with van der Waals surface area (Å²) in [5.41, 5.74) is 6.49. The highest BCUT2D eigenvalue weighted by Crippen LogP contribution is 2.19. The minimum Gasteiger partial charge on any atom is -0.465 e. The van der Waals surface area contributed by atoms with E-state index < -0.39 is 17.8 Å². The molecule has 0 bridgehead atoms. The Balaban J connectivity index is 2.13. The maximum atomic E-state index is 12.2. The fraction of sp³-hybridized carbons (Fsp3) is 0.188. The molecule has 2 rings (SSSR count). The number of benzene rings is 1. The highest BCUT2D eigenvalue weighted by atomic mass is 79.9. The van der Waals surface area contributed by atoms with E-state index in [0.717, 1.165) is 0 Å². The number of hydrogen-bond acceptors (Lipinski definition) is 4. The molecule has 0 atom stereocenters. The van der Waals surface area contributed by atoms with E-state index >= 15 is 0 Å². The number of aromatic nitrogens is 1. The summed E-state index contributed by atoms with van der Waals surface area (Å²) in [5, 5.41) is 0. The van der Waals surface area contributed by atoms with Gasteiger partial charge in [-0.2, -0.15) is 0 Å². The Morgan fingerprint density at radius 1 is 1.08 bits per heavy atom. The van der Waals surface area contributed by atoms with Gasteiger partial charge in [0.1, 0.15) is 5.69 Å². The zero-order chi connectivity index (χ0) is 17.9. The van der Waals surface area contributed by atoms with E-state index in [4.69, 9.17) is 4.74 Å². The first-order valence-electron chi connectivity index (χ1n) is 6.99. The molecule has 1 aromatic carbocycles. The minimum atomic E-state index is -0.564. The predicted molar refractivity (Wildman–Crippen MR) is 90.7 cm³/mol. The second-order valence-corrected chi connectivity index (χ2v) is 5.86. The number of amides is 2. The molecule has 2 aromatic rings. The summed E-state index contributed by atoms with van der Waals surface area (Å²) in [6.07, 6.45) is 0. The zero-order valence-electron chi connectivity index (χ0n) is 13.3. The minimum absolute atomic E-state index is 0.181. The van der Waals surface area contributed by atoms with Crippen molar-refractivity contribution >= 4 is 33.7 Å². The predicted octanol–water partition coefficient (Wildman–Crippen LogP) is 2.26. The topological polar surface area (TPSA) is 100 Å². The van der Waals surface area contributed by atoms with Crippen LogP contribution in [0, 0.1) is 13.8 Å². The molecule has 126 valence electrons. The van der Waals surface area contributed by atoms with Crippen molar-refractivity contribution < 1.29 is 19.1 Å². The Labute approximate surface area is 146 Å². The second-order valence-electron chi connectivity index (χ2n) is 5.00. The highest BCUT2D eigenvalue weighted by molar-refractivity contribution is 9.10. The van der Waals surface area contributed by atoms with Gasteiger partial charge >= 0.3 is 5.97 Å². The molecule has 0 aliphatic carbocycles. The van der Waals surface area contributed by atoms with E-state index in [9.17, 15) is 14.4 Å². The first-order chi connectivity index (χ1) is 11.4. The van der Waals surface area contributed by atoms with Crippen molar-refractivity contribution in [2.45, 2.75) is 13.8 Å².